The van der Waals surface area contributed by atoms with Crippen molar-refractivity contribution in [1.29, 1.82) is 0 Å². The van der Waals surface area contributed by atoms with Gasteiger partial charge in [-0.3, -0.25) is 19.6 Å². The number of hydrogen-bond acceptors (Lipinski definition) is 5. The molecular formula is C20H12F5N5O3. The second-order valence-corrected chi connectivity index (χ2v) is 7.03. The van der Waals surface area contributed by atoms with E-state index in [1.807, 2.05) is 5.73 Å². The number of nitrogens with one attached hydrogen (secondary N) is 2. The first-order valence-corrected chi connectivity index (χ1v) is 9.28. The minimum Gasteiger partial charge on any atom is -0.348 e. The van der Waals surface area contributed by atoms with Crippen molar-refractivity contribution in [1.82, 2.24) is 24.8 Å². The topological polar surface area (TPSA) is 110 Å². The summed E-state index contributed by atoms with van der Waals surface area (Å²) in [6, 6.07) is 0.00222. The van der Waals surface area contributed by atoms with Crippen molar-refractivity contribution in [3.63, 3.8) is 0 Å². The molecule has 0 spiro atoms. The summed E-state index contributed by atoms with van der Waals surface area (Å²) < 4.78 is 66.1. The number of carbonyl (C=O) groups is 1. The zero-order valence-electron chi connectivity index (χ0n) is 16.3. The molecule has 0 saturated carbocycles. The maximum Gasteiger partial charge on any atom is 0.420 e. The van der Waals surface area contributed by atoms with Gasteiger partial charge in [-0.25, -0.2) is 18.1 Å². The van der Waals surface area contributed by atoms with Crippen LogP contribution in [0.3, 0.4) is 0 Å². The molecule has 8 nitrogen and oxygen atoms in total. The van der Waals surface area contributed by atoms with Crippen LogP contribution < -0.4 is 16.6 Å². The Balaban J connectivity index is 1.78. The lowest BCUT2D eigenvalue weighted by molar-refractivity contribution is -0.124. The number of alkyl halides is 3. The van der Waals surface area contributed by atoms with Crippen LogP contribution in [0.25, 0.3) is 10.9 Å². The Hall–Kier alpha value is -4.12. The van der Waals surface area contributed by atoms with Crippen LogP contribution in [0.1, 0.15) is 18.2 Å². The Morgan fingerprint density at radius 3 is 2.67 bits per heavy atom. The summed E-state index contributed by atoms with van der Waals surface area (Å²) in [5.41, 5.74) is -1.64. The number of halogens is 5. The minimum absolute atomic E-state index is 0.0337. The van der Waals surface area contributed by atoms with Crippen LogP contribution in [0.5, 0.6) is 0 Å². The quantitative estimate of drug-likeness (QED) is 0.443. The third-order valence-electron chi connectivity index (χ3n) is 4.90. The van der Waals surface area contributed by atoms with E-state index < -0.39 is 59.5 Å². The van der Waals surface area contributed by atoms with E-state index in [2.05, 4.69) is 20.3 Å². The summed E-state index contributed by atoms with van der Waals surface area (Å²) in [4.78, 5) is 48.1. The van der Waals surface area contributed by atoms with Crippen LogP contribution in [0.2, 0.25) is 0 Å². The Kier molecular flexibility index (Phi) is 5.42. The third kappa shape index (κ3) is 4.17. The molecule has 0 unspecified atom stereocenters. The fourth-order valence-corrected chi connectivity index (χ4v) is 3.29. The summed E-state index contributed by atoms with van der Waals surface area (Å²) in [6.07, 6.45) is -2.27. The van der Waals surface area contributed by atoms with Gasteiger partial charge in [0, 0.05) is 24.3 Å². The summed E-state index contributed by atoms with van der Waals surface area (Å²) in [6.45, 7) is -0.575. The number of fused-ring (bicyclic) bond motifs is 1. The number of nitrogens with zero attached hydrogens (tertiary/aromatic N) is 3. The van der Waals surface area contributed by atoms with Crippen molar-refractivity contribution in [2.45, 2.75) is 25.2 Å². The average Bonchev–Trinajstić information content (AvgIpc) is 2.69. The van der Waals surface area contributed by atoms with Crippen LogP contribution >= 0.6 is 0 Å². The first-order valence-electron chi connectivity index (χ1n) is 9.28. The molecule has 1 aliphatic rings. The molecule has 0 aromatic carbocycles. The van der Waals surface area contributed by atoms with E-state index in [1.54, 1.807) is 0 Å². The molecule has 1 atom stereocenters. The number of rotatable bonds is 5. The molecular weight excluding hydrogens is 453 g/mol. The smallest absolute Gasteiger partial charge is 0.348 e. The zero-order chi connectivity index (χ0) is 23.9. The van der Waals surface area contributed by atoms with E-state index in [4.69, 9.17) is 0 Å². The number of aromatic amines is 1. The average molecular weight is 465 g/mol. The molecule has 33 heavy (non-hydrogen) atoms. The molecule has 3 heterocycles. The molecule has 0 aliphatic heterocycles. The normalized spacial score (nSPS) is 14.3. The first-order chi connectivity index (χ1) is 15.6. The SMILES string of the molecule is O=C(NCc1ncc(F)cc1F)[C@H](C1=C=C(C(F)(F)F)C1)n1c(=O)[nH]c2cnccc2c1=O. The number of hydrogen-bond donors (Lipinski definition) is 2. The van der Waals surface area contributed by atoms with Crippen molar-refractivity contribution in [2.24, 2.45) is 0 Å². The molecule has 170 valence electrons. The van der Waals surface area contributed by atoms with E-state index >= 15 is 0 Å². The van der Waals surface area contributed by atoms with Crippen molar-refractivity contribution in [3.05, 3.63) is 85.8 Å². The molecule has 0 saturated heterocycles. The van der Waals surface area contributed by atoms with Gasteiger partial charge in [0.15, 0.2) is 0 Å². The van der Waals surface area contributed by atoms with E-state index in [0.717, 1.165) is 0 Å². The standard InChI is InChI=1S/C20H12F5N5O3/c21-11-5-13(22)15(27-6-11)8-28-17(31)16(9-3-10(4-9)20(23,24)25)30-18(32)12-1-2-26-7-14(12)29-19(30)33/h1-2,5-7,16H,3,8H2,(H,28,31)(H,29,33)/t16-/m0/s1. The molecule has 4 rings (SSSR count). The van der Waals surface area contributed by atoms with Crippen LogP contribution in [0, 0.1) is 11.6 Å². The van der Waals surface area contributed by atoms with E-state index in [9.17, 15) is 36.3 Å². The first kappa shape index (κ1) is 22.1. The lowest BCUT2D eigenvalue weighted by atomic mass is 9.90. The number of H-pyrrole nitrogens is 1. The summed E-state index contributed by atoms with van der Waals surface area (Å²) in [7, 11) is 0. The van der Waals surface area contributed by atoms with Gasteiger partial charge in [-0.15, -0.1) is 5.73 Å². The maximum atomic E-state index is 13.8. The second-order valence-electron chi connectivity index (χ2n) is 7.03. The highest BCUT2D eigenvalue weighted by molar-refractivity contribution is 5.84. The largest absolute Gasteiger partial charge is 0.420 e. The number of pyridine rings is 2. The van der Waals surface area contributed by atoms with E-state index in [0.29, 0.717) is 16.8 Å². The Labute approximate surface area is 180 Å². The van der Waals surface area contributed by atoms with Crippen molar-refractivity contribution in [2.75, 3.05) is 0 Å². The second kappa shape index (κ2) is 8.10. The molecule has 2 N–H and O–H groups in total. The number of aromatic nitrogens is 4. The number of carbonyl (C=O) groups excluding carboxylic acids is 1. The predicted molar refractivity (Wildman–Crippen MR) is 103 cm³/mol. The highest BCUT2D eigenvalue weighted by Gasteiger charge is 2.41. The molecule has 3 aromatic heterocycles. The van der Waals surface area contributed by atoms with Gasteiger partial charge in [0.05, 0.1) is 41.1 Å². The van der Waals surface area contributed by atoms with Gasteiger partial charge in [0.1, 0.15) is 17.7 Å². The van der Waals surface area contributed by atoms with Crippen LogP contribution in [-0.2, 0) is 11.3 Å². The Morgan fingerprint density at radius 1 is 1.27 bits per heavy atom. The van der Waals surface area contributed by atoms with E-state index in [1.165, 1.54) is 18.5 Å². The molecule has 13 heteroatoms. The highest BCUT2D eigenvalue weighted by Crippen LogP contribution is 2.38. The molecule has 3 aromatic rings. The zero-order valence-corrected chi connectivity index (χ0v) is 16.3. The van der Waals surface area contributed by atoms with Crippen LogP contribution in [0.15, 0.2) is 57.2 Å². The van der Waals surface area contributed by atoms with Gasteiger partial charge in [-0.05, 0) is 6.07 Å². The molecule has 0 radical (unpaired) electrons. The lowest BCUT2D eigenvalue weighted by Gasteiger charge is -2.25. The highest BCUT2D eigenvalue weighted by atomic mass is 19.4. The summed E-state index contributed by atoms with van der Waals surface area (Å²) in [5.74, 6) is -3.10. The van der Waals surface area contributed by atoms with Gasteiger partial charge in [0.25, 0.3) is 5.56 Å². The fraction of sp³-hybridized carbons (Fsp3) is 0.200. The van der Waals surface area contributed by atoms with Crippen LogP contribution in [0.4, 0.5) is 22.0 Å². The third-order valence-corrected chi connectivity index (χ3v) is 4.90. The maximum absolute atomic E-state index is 13.8. The van der Waals surface area contributed by atoms with Gasteiger partial charge in [-0.1, -0.05) is 0 Å². The van der Waals surface area contributed by atoms with Gasteiger partial charge < -0.3 is 10.3 Å². The van der Waals surface area contributed by atoms with Gasteiger partial charge in [-0.2, -0.15) is 13.2 Å². The molecule has 1 aliphatic carbocycles. The van der Waals surface area contributed by atoms with Crippen molar-refractivity contribution < 1.29 is 26.7 Å². The fourth-order valence-electron chi connectivity index (χ4n) is 3.29. The van der Waals surface area contributed by atoms with Gasteiger partial charge >= 0.3 is 11.9 Å². The summed E-state index contributed by atoms with van der Waals surface area (Å²) in [5, 5.41) is 2.19. The van der Waals surface area contributed by atoms with Gasteiger partial charge in [0.2, 0.25) is 5.91 Å². The molecule has 0 fully saturated rings. The predicted octanol–water partition coefficient (Wildman–Crippen LogP) is 2.03. The number of amides is 1. The van der Waals surface area contributed by atoms with E-state index in [-0.39, 0.29) is 22.2 Å². The lowest BCUT2D eigenvalue weighted by Crippen LogP contribution is -2.46. The monoisotopic (exact) mass is 465 g/mol. The van der Waals surface area contributed by atoms with Crippen LogP contribution in [-0.4, -0.2) is 31.6 Å². The minimum atomic E-state index is -4.70. The Morgan fingerprint density at radius 2 is 2.00 bits per heavy atom. The Bertz CT molecular complexity index is 1470. The van der Waals surface area contributed by atoms with Crippen molar-refractivity contribution >= 4 is 16.8 Å². The molecule has 1 amide bonds. The molecule has 0 bridgehead atoms. The van der Waals surface area contributed by atoms with Crippen molar-refractivity contribution in [3.8, 4) is 0 Å². The summed E-state index contributed by atoms with van der Waals surface area (Å²) >= 11 is 0.